The van der Waals surface area contributed by atoms with Gasteiger partial charge in [-0.2, -0.15) is 13.2 Å². The van der Waals surface area contributed by atoms with Crippen LogP contribution in [0.25, 0.3) is 11.0 Å². The lowest BCUT2D eigenvalue weighted by atomic mass is 10.1. The van der Waals surface area contributed by atoms with Crippen molar-refractivity contribution in [3.8, 4) is 0 Å². The fraction of sp³-hybridized carbons (Fsp3) is 0.467. The third-order valence-electron chi connectivity index (χ3n) is 4.06. The Bertz CT molecular complexity index is 677. The molecule has 0 radical (unpaired) electrons. The number of rotatable bonds is 2. The van der Waals surface area contributed by atoms with E-state index in [1.54, 1.807) is 0 Å². The lowest BCUT2D eigenvalue weighted by Gasteiger charge is -2.31. The Kier molecular flexibility index (Phi) is 4.09. The Labute approximate surface area is 131 Å². The molecule has 7 heteroatoms. The van der Waals surface area contributed by atoms with Crippen LogP contribution in [-0.2, 0) is 6.18 Å². The van der Waals surface area contributed by atoms with E-state index in [9.17, 15) is 13.2 Å². The molecule has 1 aromatic carbocycles. The zero-order valence-electron chi connectivity index (χ0n) is 12.0. The van der Waals surface area contributed by atoms with Crippen molar-refractivity contribution in [1.29, 1.82) is 0 Å². The molecular weight excluding hydrogens is 317 g/mol. The van der Waals surface area contributed by atoms with Crippen LogP contribution in [0, 0.1) is 0 Å². The first kappa shape index (κ1) is 15.6. The number of nitrogens with zero attached hydrogens (tertiary/aromatic N) is 1. The zero-order valence-corrected chi connectivity index (χ0v) is 12.8. The molecule has 3 nitrogen and oxygen atoms in total. The third kappa shape index (κ3) is 2.83. The summed E-state index contributed by atoms with van der Waals surface area (Å²) >= 11 is 6.29. The summed E-state index contributed by atoms with van der Waals surface area (Å²) in [6.45, 7) is 5.41. The summed E-state index contributed by atoms with van der Waals surface area (Å²) in [5, 5.41) is 3.84. The van der Waals surface area contributed by atoms with E-state index in [1.165, 1.54) is 6.07 Å². The highest BCUT2D eigenvalue weighted by Gasteiger charge is 2.32. The summed E-state index contributed by atoms with van der Waals surface area (Å²) in [6, 6.07) is 3.32. The van der Waals surface area contributed by atoms with Gasteiger partial charge in [-0.3, -0.25) is 4.90 Å². The molecule has 0 aliphatic carbocycles. The van der Waals surface area contributed by atoms with E-state index in [-0.39, 0.29) is 11.1 Å². The Morgan fingerprint density at radius 3 is 2.59 bits per heavy atom. The van der Waals surface area contributed by atoms with E-state index in [0.29, 0.717) is 16.7 Å². The molecule has 3 rings (SSSR count). The molecule has 1 unspecified atom stereocenters. The summed E-state index contributed by atoms with van der Waals surface area (Å²) in [7, 11) is 0. The quantitative estimate of drug-likeness (QED) is 0.898. The number of benzene rings is 1. The van der Waals surface area contributed by atoms with Crippen LogP contribution in [0.1, 0.15) is 24.3 Å². The van der Waals surface area contributed by atoms with E-state index in [0.717, 1.165) is 38.3 Å². The van der Waals surface area contributed by atoms with Gasteiger partial charge in [-0.25, -0.2) is 0 Å². The molecule has 1 aliphatic rings. The molecule has 0 spiro atoms. The standard InChI is InChI=1S/C15H16ClF3N2O/c1-9(21-6-4-20-5-7-21)14-13(16)11-8-10(15(17,18)19)2-3-12(11)22-14/h2-3,8-9,20H,4-7H2,1H3. The fourth-order valence-corrected chi connectivity index (χ4v) is 3.11. The maximum Gasteiger partial charge on any atom is 0.416 e. The average Bonchev–Trinajstić information content (AvgIpc) is 2.83. The van der Waals surface area contributed by atoms with E-state index >= 15 is 0 Å². The van der Waals surface area contributed by atoms with Crippen LogP contribution < -0.4 is 5.32 Å². The normalized spacial score (nSPS) is 18.8. The van der Waals surface area contributed by atoms with E-state index < -0.39 is 11.7 Å². The molecule has 0 bridgehead atoms. The number of fused-ring (bicyclic) bond motifs is 1. The lowest BCUT2D eigenvalue weighted by Crippen LogP contribution is -2.44. The van der Waals surface area contributed by atoms with Gasteiger partial charge in [-0.05, 0) is 25.1 Å². The summed E-state index contributed by atoms with van der Waals surface area (Å²) in [6.07, 6.45) is -4.39. The van der Waals surface area contributed by atoms with Gasteiger partial charge < -0.3 is 9.73 Å². The molecule has 2 heterocycles. The van der Waals surface area contributed by atoms with E-state index in [2.05, 4.69) is 10.2 Å². The largest absolute Gasteiger partial charge is 0.458 e. The molecule has 1 N–H and O–H groups in total. The minimum atomic E-state index is -4.39. The average molecular weight is 333 g/mol. The van der Waals surface area contributed by atoms with Crippen LogP contribution in [0.15, 0.2) is 22.6 Å². The molecule has 1 aliphatic heterocycles. The number of piperazine rings is 1. The van der Waals surface area contributed by atoms with Crippen LogP contribution in [0.5, 0.6) is 0 Å². The van der Waals surface area contributed by atoms with Gasteiger partial charge in [0.2, 0.25) is 0 Å². The lowest BCUT2D eigenvalue weighted by molar-refractivity contribution is -0.137. The van der Waals surface area contributed by atoms with Crippen molar-refractivity contribution < 1.29 is 17.6 Å². The number of hydrogen-bond acceptors (Lipinski definition) is 3. The first-order valence-electron chi connectivity index (χ1n) is 7.12. The molecule has 2 aromatic rings. The fourth-order valence-electron chi connectivity index (χ4n) is 2.77. The summed E-state index contributed by atoms with van der Waals surface area (Å²) in [5.41, 5.74) is -0.334. The van der Waals surface area contributed by atoms with Crippen molar-refractivity contribution in [3.05, 3.63) is 34.5 Å². The molecule has 0 amide bonds. The summed E-state index contributed by atoms with van der Waals surface area (Å²) in [5.74, 6) is 0.526. The number of alkyl halides is 3. The Balaban J connectivity index is 1.98. The molecule has 120 valence electrons. The second kappa shape index (κ2) is 5.76. The molecule has 0 saturated carbocycles. The first-order valence-corrected chi connectivity index (χ1v) is 7.49. The van der Waals surface area contributed by atoms with Crippen LogP contribution >= 0.6 is 11.6 Å². The van der Waals surface area contributed by atoms with Crippen molar-refractivity contribution in [2.24, 2.45) is 0 Å². The van der Waals surface area contributed by atoms with Crippen molar-refractivity contribution >= 4 is 22.6 Å². The molecule has 1 saturated heterocycles. The highest BCUT2D eigenvalue weighted by molar-refractivity contribution is 6.36. The van der Waals surface area contributed by atoms with Crippen molar-refractivity contribution in [3.63, 3.8) is 0 Å². The van der Waals surface area contributed by atoms with Crippen LogP contribution in [-0.4, -0.2) is 31.1 Å². The van der Waals surface area contributed by atoms with Crippen LogP contribution in [0.2, 0.25) is 5.02 Å². The molecule has 1 atom stereocenters. The summed E-state index contributed by atoms with van der Waals surface area (Å²) < 4.78 is 44.2. The molecule has 22 heavy (non-hydrogen) atoms. The van der Waals surface area contributed by atoms with E-state index in [4.69, 9.17) is 16.0 Å². The van der Waals surface area contributed by atoms with E-state index in [1.807, 2.05) is 6.92 Å². The second-order valence-corrected chi connectivity index (χ2v) is 5.83. The molecular formula is C15H16ClF3N2O. The first-order chi connectivity index (χ1) is 10.4. The minimum Gasteiger partial charge on any atom is -0.458 e. The Hall–Kier alpha value is -1.24. The van der Waals surface area contributed by atoms with Gasteiger partial charge in [0, 0.05) is 31.6 Å². The van der Waals surface area contributed by atoms with Gasteiger partial charge >= 0.3 is 6.18 Å². The highest BCUT2D eigenvalue weighted by atomic mass is 35.5. The van der Waals surface area contributed by atoms with Gasteiger partial charge in [-0.1, -0.05) is 11.6 Å². The number of halogens is 4. The second-order valence-electron chi connectivity index (χ2n) is 5.45. The monoisotopic (exact) mass is 332 g/mol. The van der Waals surface area contributed by atoms with Gasteiger partial charge in [0.1, 0.15) is 11.3 Å². The third-order valence-corrected chi connectivity index (χ3v) is 4.45. The highest BCUT2D eigenvalue weighted by Crippen LogP contribution is 2.39. The number of hydrogen-bond donors (Lipinski definition) is 1. The summed E-state index contributed by atoms with van der Waals surface area (Å²) in [4.78, 5) is 2.20. The maximum atomic E-state index is 12.8. The number of furan rings is 1. The zero-order chi connectivity index (χ0) is 15.9. The predicted molar refractivity (Wildman–Crippen MR) is 79.1 cm³/mol. The van der Waals surface area contributed by atoms with Crippen molar-refractivity contribution in [1.82, 2.24) is 10.2 Å². The molecule has 1 aromatic heterocycles. The van der Waals surface area contributed by atoms with Gasteiger partial charge in [0.05, 0.1) is 16.6 Å². The minimum absolute atomic E-state index is 0.0728. The number of nitrogens with one attached hydrogen (secondary N) is 1. The van der Waals surface area contributed by atoms with Crippen molar-refractivity contribution in [2.45, 2.75) is 19.1 Å². The predicted octanol–water partition coefficient (Wildman–Crippen LogP) is 4.07. The maximum absolute atomic E-state index is 12.8. The topological polar surface area (TPSA) is 28.4 Å². The van der Waals surface area contributed by atoms with Gasteiger partial charge in [0.15, 0.2) is 0 Å². The van der Waals surface area contributed by atoms with Crippen LogP contribution in [0.4, 0.5) is 13.2 Å². The Morgan fingerprint density at radius 2 is 1.95 bits per heavy atom. The van der Waals surface area contributed by atoms with Gasteiger partial charge in [-0.15, -0.1) is 0 Å². The molecule has 1 fully saturated rings. The van der Waals surface area contributed by atoms with Crippen LogP contribution in [0.3, 0.4) is 0 Å². The van der Waals surface area contributed by atoms with Gasteiger partial charge in [0.25, 0.3) is 0 Å². The Morgan fingerprint density at radius 1 is 1.27 bits per heavy atom. The van der Waals surface area contributed by atoms with Crippen molar-refractivity contribution in [2.75, 3.05) is 26.2 Å². The SMILES string of the molecule is CC(c1oc2ccc(C(F)(F)F)cc2c1Cl)N1CCNCC1. The smallest absolute Gasteiger partial charge is 0.416 e.